The van der Waals surface area contributed by atoms with Crippen LogP contribution >= 0.6 is 0 Å². The average molecular weight is 318 g/mol. The van der Waals surface area contributed by atoms with Gasteiger partial charge in [0.1, 0.15) is 6.10 Å². The summed E-state index contributed by atoms with van der Waals surface area (Å²) in [6.45, 7) is 0.256. The van der Waals surface area contributed by atoms with Crippen molar-refractivity contribution in [1.82, 2.24) is 10.3 Å². The predicted octanol–water partition coefficient (Wildman–Crippen LogP) is 1.53. The Hall–Kier alpha value is -1.95. The Balaban J connectivity index is 1.57. The first kappa shape index (κ1) is 15.9. The SMILES string of the molecule is O=C1CCC(c2ccc(O[C@H]3CC[C@H](CO)CC3)nc2)C(=O)N1. The molecule has 1 aliphatic carbocycles. The van der Waals surface area contributed by atoms with Crippen LogP contribution in [0.1, 0.15) is 50.0 Å². The Morgan fingerprint density at radius 2 is 1.96 bits per heavy atom. The third kappa shape index (κ3) is 3.88. The van der Waals surface area contributed by atoms with Gasteiger partial charge in [0, 0.05) is 25.3 Å². The van der Waals surface area contributed by atoms with E-state index in [9.17, 15) is 9.59 Å². The van der Waals surface area contributed by atoms with E-state index in [0.29, 0.717) is 24.6 Å². The highest BCUT2D eigenvalue weighted by Gasteiger charge is 2.28. The molecule has 2 fully saturated rings. The van der Waals surface area contributed by atoms with Crippen LogP contribution < -0.4 is 10.1 Å². The first-order chi connectivity index (χ1) is 11.2. The number of hydrogen-bond donors (Lipinski definition) is 2. The summed E-state index contributed by atoms with van der Waals surface area (Å²) >= 11 is 0. The number of carbonyl (C=O) groups is 2. The zero-order valence-electron chi connectivity index (χ0n) is 13.0. The largest absolute Gasteiger partial charge is 0.474 e. The number of ether oxygens (including phenoxy) is 1. The van der Waals surface area contributed by atoms with Crippen LogP contribution in [0.5, 0.6) is 5.88 Å². The molecule has 23 heavy (non-hydrogen) atoms. The number of amides is 2. The second kappa shape index (κ2) is 7.08. The van der Waals surface area contributed by atoms with E-state index in [0.717, 1.165) is 31.2 Å². The van der Waals surface area contributed by atoms with Crippen LogP contribution in [0.2, 0.25) is 0 Å². The van der Waals surface area contributed by atoms with Crippen molar-refractivity contribution in [2.24, 2.45) is 5.92 Å². The summed E-state index contributed by atoms with van der Waals surface area (Å²) in [4.78, 5) is 27.3. The molecule has 0 aromatic carbocycles. The second-order valence-corrected chi connectivity index (χ2v) is 6.38. The van der Waals surface area contributed by atoms with Gasteiger partial charge in [0.05, 0.1) is 5.92 Å². The Labute approximate surface area is 135 Å². The summed E-state index contributed by atoms with van der Waals surface area (Å²) < 4.78 is 5.89. The van der Waals surface area contributed by atoms with Crippen molar-refractivity contribution in [2.45, 2.75) is 50.5 Å². The van der Waals surface area contributed by atoms with E-state index in [4.69, 9.17) is 9.84 Å². The van der Waals surface area contributed by atoms with Gasteiger partial charge in [0.25, 0.3) is 0 Å². The minimum atomic E-state index is -0.311. The monoisotopic (exact) mass is 318 g/mol. The van der Waals surface area contributed by atoms with Crippen molar-refractivity contribution >= 4 is 11.8 Å². The number of carbonyl (C=O) groups excluding carboxylic acids is 2. The molecule has 124 valence electrons. The van der Waals surface area contributed by atoms with E-state index in [1.54, 1.807) is 12.3 Å². The maximum absolute atomic E-state index is 11.9. The molecule has 1 saturated carbocycles. The van der Waals surface area contributed by atoms with Crippen molar-refractivity contribution in [3.05, 3.63) is 23.9 Å². The fourth-order valence-corrected chi connectivity index (χ4v) is 3.28. The minimum Gasteiger partial charge on any atom is -0.474 e. The maximum Gasteiger partial charge on any atom is 0.234 e. The highest BCUT2D eigenvalue weighted by Crippen LogP contribution is 2.28. The first-order valence-electron chi connectivity index (χ1n) is 8.23. The molecule has 1 atom stereocenters. The average Bonchev–Trinajstić information content (AvgIpc) is 2.57. The lowest BCUT2D eigenvalue weighted by Crippen LogP contribution is -2.39. The topological polar surface area (TPSA) is 88.5 Å². The van der Waals surface area contributed by atoms with Crippen LogP contribution in [-0.2, 0) is 9.59 Å². The number of piperidine rings is 1. The van der Waals surface area contributed by atoms with E-state index in [2.05, 4.69) is 10.3 Å². The number of aromatic nitrogens is 1. The van der Waals surface area contributed by atoms with Gasteiger partial charge in [-0.25, -0.2) is 4.98 Å². The van der Waals surface area contributed by atoms with E-state index in [-0.39, 0.29) is 30.4 Å². The van der Waals surface area contributed by atoms with E-state index >= 15 is 0 Å². The second-order valence-electron chi connectivity index (χ2n) is 6.38. The van der Waals surface area contributed by atoms with E-state index in [1.165, 1.54) is 0 Å². The summed E-state index contributed by atoms with van der Waals surface area (Å²) in [5.41, 5.74) is 0.811. The molecule has 1 aromatic rings. The molecule has 1 aliphatic heterocycles. The van der Waals surface area contributed by atoms with Crippen molar-refractivity contribution in [2.75, 3.05) is 6.61 Å². The van der Waals surface area contributed by atoms with Crippen LogP contribution in [0.3, 0.4) is 0 Å². The third-order valence-corrected chi connectivity index (χ3v) is 4.74. The molecule has 0 radical (unpaired) electrons. The van der Waals surface area contributed by atoms with Crippen molar-refractivity contribution in [3.63, 3.8) is 0 Å². The molecule has 2 N–H and O–H groups in total. The molecule has 1 saturated heterocycles. The van der Waals surface area contributed by atoms with Gasteiger partial charge in [-0.2, -0.15) is 0 Å². The quantitative estimate of drug-likeness (QED) is 0.822. The van der Waals surface area contributed by atoms with Crippen molar-refractivity contribution in [3.8, 4) is 5.88 Å². The molecule has 2 heterocycles. The molecule has 0 bridgehead atoms. The fourth-order valence-electron chi connectivity index (χ4n) is 3.28. The number of aliphatic hydroxyl groups excluding tert-OH is 1. The summed E-state index contributed by atoms with van der Waals surface area (Å²) in [5, 5.41) is 11.5. The number of aliphatic hydroxyl groups is 1. The van der Waals surface area contributed by atoms with Crippen molar-refractivity contribution < 1.29 is 19.4 Å². The molecular formula is C17H22N2O4. The first-order valence-corrected chi connectivity index (χ1v) is 8.23. The van der Waals surface area contributed by atoms with E-state index < -0.39 is 0 Å². The lowest BCUT2D eigenvalue weighted by atomic mass is 9.88. The van der Waals surface area contributed by atoms with Gasteiger partial charge in [-0.05, 0) is 43.6 Å². The molecule has 2 amide bonds. The zero-order chi connectivity index (χ0) is 16.2. The van der Waals surface area contributed by atoms with Gasteiger partial charge < -0.3 is 9.84 Å². The van der Waals surface area contributed by atoms with E-state index in [1.807, 2.05) is 6.07 Å². The fraction of sp³-hybridized carbons (Fsp3) is 0.588. The summed E-state index contributed by atoms with van der Waals surface area (Å²) in [7, 11) is 0. The number of pyridine rings is 1. The molecule has 2 aliphatic rings. The highest BCUT2D eigenvalue weighted by molar-refractivity contribution is 6.00. The van der Waals surface area contributed by atoms with Gasteiger partial charge in [-0.3, -0.25) is 14.9 Å². The third-order valence-electron chi connectivity index (χ3n) is 4.74. The number of nitrogens with zero attached hydrogens (tertiary/aromatic N) is 1. The zero-order valence-corrected chi connectivity index (χ0v) is 13.0. The predicted molar refractivity (Wildman–Crippen MR) is 82.8 cm³/mol. The number of nitrogens with one attached hydrogen (secondary N) is 1. The molecule has 6 nitrogen and oxygen atoms in total. The Morgan fingerprint density at radius 3 is 2.57 bits per heavy atom. The van der Waals surface area contributed by atoms with Gasteiger partial charge in [-0.1, -0.05) is 6.07 Å². The number of hydrogen-bond acceptors (Lipinski definition) is 5. The molecule has 6 heteroatoms. The minimum absolute atomic E-state index is 0.145. The van der Waals surface area contributed by atoms with Crippen LogP contribution in [0.25, 0.3) is 0 Å². The Morgan fingerprint density at radius 1 is 1.17 bits per heavy atom. The summed E-state index contributed by atoms with van der Waals surface area (Å²) in [6.07, 6.45) is 6.52. The smallest absolute Gasteiger partial charge is 0.234 e. The summed E-state index contributed by atoms with van der Waals surface area (Å²) in [6, 6.07) is 3.64. The van der Waals surface area contributed by atoms with Crippen LogP contribution in [-0.4, -0.2) is 34.6 Å². The van der Waals surface area contributed by atoms with Gasteiger partial charge in [-0.15, -0.1) is 0 Å². The van der Waals surface area contributed by atoms with Gasteiger partial charge >= 0.3 is 0 Å². The Bertz CT molecular complexity index is 564. The van der Waals surface area contributed by atoms with Gasteiger partial charge in [0.2, 0.25) is 17.7 Å². The lowest BCUT2D eigenvalue weighted by Gasteiger charge is -2.27. The standard InChI is InChI=1S/C17H22N2O4/c20-10-11-1-4-13(5-2-11)23-16-8-3-12(9-18-16)14-6-7-15(21)19-17(14)22/h3,8-9,11,13-14,20H,1-2,4-7,10H2,(H,19,21,22)/t11-,13-,14?. The normalized spacial score (nSPS) is 28.3. The number of rotatable bonds is 4. The summed E-state index contributed by atoms with van der Waals surface area (Å²) in [5.74, 6) is 0.192. The van der Waals surface area contributed by atoms with Crippen molar-refractivity contribution in [1.29, 1.82) is 0 Å². The highest BCUT2D eigenvalue weighted by atomic mass is 16.5. The lowest BCUT2D eigenvalue weighted by molar-refractivity contribution is -0.134. The van der Waals surface area contributed by atoms with Gasteiger partial charge in [0.15, 0.2) is 0 Å². The Kier molecular flexibility index (Phi) is 4.91. The molecule has 1 unspecified atom stereocenters. The molecule has 1 aromatic heterocycles. The maximum atomic E-state index is 11.9. The molecular weight excluding hydrogens is 296 g/mol. The molecule has 0 spiro atoms. The van der Waals surface area contributed by atoms with Crippen LogP contribution in [0, 0.1) is 5.92 Å². The van der Waals surface area contributed by atoms with Crippen LogP contribution in [0.15, 0.2) is 18.3 Å². The molecule has 3 rings (SSSR count). The van der Waals surface area contributed by atoms with Crippen LogP contribution in [0.4, 0.5) is 0 Å². The number of imide groups is 1.